The van der Waals surface area contributed by atoms with Crippen LogP contribution >= 0.6 is 0 Å². The Morgan fingerprint density at radius 2 is 1.82 bits per heavy atom. The summed E-state index contributed by atoms with van der Waals surface area (Å²) in [5, 5.41) is 8.44. The third-order valence-corrected chi connectivity index (χ3v) is 7.10. The Hall–Kier alpha value is -4.70. The van der Waals surface area contributed by atoms with Crippen molar-refractivity contribution in [3.63, 3.8) is 0 Å². The standard InChI is InChI=1S/C29H25FN8O/c30-20-5-3-18(4-6-20)22-7-8-32-28-26(22)34-29(35-28)27-23-14-24(33-17-25(23)36-37-27)19-13-21(16-31-15-19)39-12-11-38-9-1-2-10-38/h3-8,13-17H,1-2,9-12H2,(H,36,37)(H,32,34,35). The minimum Gasteiger partial charge on any atom is -0.491 e. The lowest BCUT2D eigenvalue weighted by molar-refractivity contribution is 0.237. The van der Waals surface area contributed by atoms with E-state index in [-0.39, 0.29) is 5.82 Å². The Labute approximate surface area is 223 Å². The number of hydrogen-bond acceptors (Lipinski definition) is 7. The smallest absolute Gasteiger partial charge is 0.160 e. The fourth-order valence-corrected chi connectivity index (χ4v) is 5.08. The molecule has 6 aromatic rings. The van der Waals surface area contributed by atoms with Crippen molar-refractivity contribution in [3.8, 4) is 39.7 Å². The minimum absolute atomic E-state index is 0.284. The number of benzene rings is 1. The molecule has 9 nitrogen and oxygen atoms in total. The number of pyridine rings is 3. The summed E-state index contributed by atoms with van der Waals surface area (Å²) in [6.07, 6.45) is 9.51. The topological polar surface area (TPSA) is 108 Å². The Morgan fingerprint density at radius 1 is 0.949 bits per heavy atom. The average molecular weight is 521 g/mol. The molecule has 0 bridgehead atoms. The van der Waals surface area contributed by atoms with E-state index in [0.29, 0.717) is 29.3 Å². The van der Waals surface area contributed by atoms with E-state index in [9.17, 15) is 4.39 Å². The highest BCUT2D eigenvalue weighted by atomic mass is 19.1. The second-order valence-corrected chi connectivity index (χ2v) is 9.64. The van der Waals surface area contributed by atoms with Crippen LogP contribution in [0.15, 0.2) is 67.3 Å². The Morgan fingerprint density at radius 3 is 2.69 bits per heavy atom. The largest absolute Gasteiger partial charge is 0.491 e. The summed E-state index contributed by atoms with van der Waals surface area (Å²) in [4.78, 5) is 24.0. The van der Waals surface area contributed by atoms with Crippen LogP contribution in [0.2, 0.25) is 0 Å². The van der Waals surface area contributed by atoms with Gasteiger partial charge in [-0.25, -0.2) is 14.4 Å². The van der Waals surface area contributed by atoms with Crippen LogP contribution < -0.4 is 4.74 Å². The first kappa shape index (κ1) is 23.4. The SMILES string of the molecule is Fc1ccc(-c2ccnc3[nH]c(-c4n[nH]c5cnc(-c6cncc(OCCN7CCCC7)c6)cc45)nc23)cc1. The summed E-state index contributed by atoms with van der Waals surface area (Å²) in [5.74, 6) is 1.01. The molecule has 0 atom stereocenters. The molecule has 5 aromatic heterocycles. The van der Waals surface area contributed by atoms with Crippen LogP contribution in [0.25, 0.3) is 56.0 Å². The summed E-state index contributed by atoms with van der Waals surface area (Å²) >= 11 is 0. The van der Waals surface area contributed by atoms with E-state index in [2.05, 4.69) is 35.0 Å². The van der Waals surface area contributed by atoms with Crippen molar-refractivity contribution in [2.24, 2.45) is 0 Å². The number of rotatable bonds is 7. The molecule has 194 valence electrons. The lowest BCUT2D eigenvalue weighted by atomic mass is 10.1. The number of ether oxygens (including phenoxy) is 1. The molecule has 2 N–H and O–H groups in total. The number of halogens is 1. The monoisotopic (exact) mass is 520 g/mol. The molecule has 0 unspecified atom stereocenters. The van der Waals surface area contributed by atoms with E-state index in [0.717, 1.165) is 58.7 Å². The van der Waals surface area contributed by atoms with Crippen molar-refractivity contribution in [1.29, 1.82) is 0 Å². The van der Waals surface area contributed by atoms with Crippen LogP contribution in [-0.2, 0) is 0 Å². The number of nitrogens with zero attached hydrogens (tertiary/aromatic N) is 6. The molecule has 0 radical (unpaired) electrons. The van der Waals surface area contributed by atoms with Gasteiger partial charge in [0.05, 0.1) is 23.6 Å². The highest BCUT2D eigenvalue weighted by Crippen LogP contribution is 2.32. The van der Waals surface area contributed by atoms with Gasteiger partial charge in [-0.2, -0.15) is 5.10 Å². The third-order valence-electron chi connectivity index (χ3n) is 7.10. The molecule has 0 amide bonds. The average Bonchev–Trinajstić information content (AvgIpc) is 3.73. The van der Waals surface area contributed by atoms with Crippen molar-refractivity contribution < 1.29 is 9.13 Å². The molecule has 0 spiro atoms. The minimum atomic E-state index is -0.284. The molecular weight excluding hydrogens is 495 g/mol. The van der Waals surface area contributed by atoms with Gasteiger partial charge in [0, 0.05) is 35.5 Å². The lowest BCUT2D eigenvalue weighted by Crippen LogP contribution is -2.25. The molecule has 1 aliphatic heterocycles. The molecule has 1 saturated heterocycles. The van der Waals surface area contributed by atoms with Crippen molar-refractivity contribution >= 4 is 22.1 Å². The molecule has 0 aliphatic carbocycles. The Kier molecular flexibility index (Phi) is 5.93. The molecule has 1 aromatic carbocycles. The summed E-state index contributed by atoms with van der Waals surface area (Å²) in [5.41, 5.74) is 6.08. The number of nitrogens with one attached hydrogen (secondary N) is 2. The molecule has 1 aliphatic rings. The zero-order valence-electron chi connectivity index (χ0n) is 21.1. The van der Waals surface area contributed by atoms with Gasteiger partial charge < -0.3 is 9.72 Å². The highest BCUT2D eigenvalue weighted by Gasteiger charge is 2.17. The van der Waals surface area contributed by atoms with E-state index < -0.39 is 0 Å². The number of hydrogen-bond donors (Lipinski definition) is 2. The second-order valence-electron chi connectivity index (χ2n) is 9.64. The number of aromatic amines is 2. The summed E-state index contributed by atoms with van der Waals surface area (Å²) in [7, 11) is 0. The third kappa shape index (κ3) is 4.59. The molecule has 0 saturated carbocycles. The van der Waals surface area contributed by atoms with Gasteiger partial charge in [0.1, 0.15) is 29.4 Å². The first-order chi connectivity index (χ1) is 19.2. The van der Waals surface area contributed by atoms with Crippen molar-refractivity contribution in [3.05, 3.63) is 73.1 Å². The summed E-state index contributed by atoms with van der Waals surface area (Å²) in [6, 6.07) is 12.2. The second kappa shape index (κ2) is 9.88. The Balaban J connectivity index is 1.20. The van der Waals surface area contributed by atoms with Crippen LogP contribution in [0.5, 0.6) is 5.75 Å². The summed E-state index contributed by atoms with van der Waals surface area (Å²) < 4.78 is 19.5. The van der Waals surface area contributed by atoms with Crippen LogP contribution in [0.1, 0.15) is 12.8 Å². The van der Waals surface area contributed by atoms with Gasteiger partial charge in [0.15, 0.2) is 11.5 Å². The first-order valence-electron chi connectivity index (χ1n) is 13.0. The van der Waals surface area contributed by atoms with Crippen LogP contribution in [0, 0.1) is 5.82 Å². The zero-order valence-corrected chi connectivity index (χ0v) is 21.1. The highest BCUT2D eigenvalue weighted by molar-refractivity contribution is 5.96. The van der Waals surface area contributed by atoms with Gasteiger partial charge in [-0.15, -0.1) is 0 Å². The van der Waals surface area contributed by atoms with Gasteiger partial charge in [0.2, 0.25) is 0 Å². The quantitative estimate of drug-likeness (QED) is 0.296. The molecule has 39 heavy (non-hydrogen) atoms. The van der Waals surface area contributed by atoms with E-state index in [4.69, 9.17) is 9.72 Å². The van der Waals surface area contributed by atoms with E-state index >= 15 is 0 Å². The predicted octanol–water partition coefficient (Wildman–Crippen LogP) is 5.24. The normalized spacial score (nSPS) is 14.0. The fourth-order valence-electron chi connectivity index (χ4n) is 5.08. The maximum atomic E-state index is 13.5. The van der Waals surface area contributed by atoms with Crippen LogP contribution in [0.4, 0.5) is 4.39 Å². The molecular formula is C29H25FN8O. The molecule has 7 rings (SSSR count). The number of imidazole rings is 1. The van der Waals surface area contributed by atoms with Gasteiger partial charge >= 0.3 is 0 Å². The number of aromatic nitrogens is 7. The first-order valence-corrected chi connectivity index (χ1v) is 13.0. The maximum absolute atomic E-state index is 13.5. The number of H-pyrrole nitrogens is 2. The zero-order chi connectivity index (χ0) is 26.2. The molecule has 6 heterocycles. The molecule has 10 heteroatoms. The molecule has 1 fully saturated rings. The Bertz CT molecular complexity index is 1770. The van der Waals surface area contributed by atoms with Gasteiger partial charge in [-0.05, 0) is 61.8 Å². The van der Waals surface area contributed by atoms with E-state index in [1.165, 1.54) is 25.0 Å². The van der Waals surface area contributed by atoms with E-state index in [1.54, 1.807) is 36.9 Å². The van der Waals surface area contributed by atoms with Crippen molar-refractivity contribution in [2.75, 3.05) is 26.2 Å². The summed E-state index contributed by atoms with van der Waals surface area (Å²) in [6.45, 7) is 3.84. The van der Waals surface area contributed by atoms with Crippen molar-refractivity contribution in [2.45, 2.75) is 12.8 Å². The number of fused-ring (bicyclic) bond motifs is 2. The maximum Gasteiger partial charge on any atom is 0.160 e. The van der Waals surface area contributed by atoms with Gasteiger partial charge in [-0.3, -0.25) is 20.0 Å². The predicted molar refractivity (Wildman–Crippen MR) is 147 cm³/mol. The lowest BCUT2D eigenvalue weighted by Gasteiger charge is -2.15. The fraction of sp³-hybridized carbons (Fsp3) is 0.207. The number of likely N-dealkylation sites (tertiary alicyclic amines) is 1. The van der Waals surface area contributed by atoms with Crippen molar-refractivity contribution in [1.82, 2.24) is 40.0 Å². The van der Waals surface area contributed by atoms with Crippen LogP contribution in [-0.4, -0.2) is 66.3 Å². The van der Waals surface area contributed by atoms with E-state index in [1.807, 2.05) is 18.2 Å². The van der Waals surface area contributed by atoms with Gasteiger partial charge in [-0.1, -0.05) is 12.1 Å². The van der Waals surface area contributed by atoms with Crippen LogP contribution in [0.3, 0.4) is 0 Å². The van der Waals surface area contributed by atoms with Gasteiger partial charge in [0.25, 0.3) is 0 Å².